The molecule has 2 aromatic heterocycles. The van der Waals surface area contributed by atoms with Gasteiger partial charge in [0, 0.05) is 6.20 Å². The third kappa shape index (κ3) is 1.77. The van der Waals surface area contributed by atoms with Crippen molar-refractivity contribution in [1.82, 2.24) is 14.5 Å². The Balaban J connectivity index is 2.04. The van der Waals surface area contributed by atoms with Crippen LogP contribution in [0, 0.1) is 0 Å². The quantitative estimate of drug-likeness (QED) is 0.528. The summed E-state index contributed by atoms with van der Waals surface area (Å²) < 4.78 is 7.01. The van der Waals surface area contributed by atoms with Crippen LogP contribution in [0.4, 0.5) is 5.82 Å². The van der Waals surface area contributed by atoms with Crippen molar-refractivity contribution in [1.29, 1.82) is 0 Å². The van der Waals surface area contributed by atoms with Gasteiger partial charge in [-0.05, 0) is 6.07 Å². The summed E-state index contributed by atoms with van der Waals surface area (Å²) in [5.74, 6) is 0.329. The average molecular weight is 266 g/mol. The van der Waals surface area contributed by atoms with Gasteiger partial charge in [0.1, 0.15) is 36.1 Å². The number of ether oxygens (including phenoxy) is 1. The molecule has 3 rings (SSSR count). The number of nitrogens with zero attached hydrogens (tertiary/aromatic N) is 3. The van der Waals surface area contributed by atoms with Crippen LogP contribution < -0.4 is 5.73 Å². The van der Waals surface area contributed by atoms with Gasteiger partial charge in [0.2, 0.25) is 0 Å². The average Bonchev–Trinajstić information content (AvgIpc) is 2.94. The first-order valence-corrected chi connectivity index (χ1v) is 5.83. The van der Waals surface area contributed by atoms with E-state index in [0.29, 0.717) is 16.9 Å². The summed E-state index contributed by atoms with van der Waals surface area (Å²) in [5.41, 5.74) is 6.23. The summed E-state index contributed by atoms with van der Waals surface area (Å²) in [5, 5.41) is 29.4. The van der Waals surface area contributed by atoms with E-state index in [0.717, 1.165) is 0 Å². The lowest BCUT2D eigenvalue weighted by molar-refractivity contribution is -0.0508. The molecule has 102 valence electrons. The van der Waals surface area contributed by atoms with E-state index >= 15 is 0 Å². The molecule has 0 aromatic carbocycles. The fourth-order valence-electron chi connectivity index (χ4n) is 2.31. The van der Waals surface area contributed by atoms with Gasteiger partial charge in [-0.1, -0.05) is 0 Å². The SMILES string of the molecule is Nc1ncnc2c1ccn2[C@H]1O[C@H](CO)[C@@H](O)[C@H]1O. The molecule has 8 heteroatoms. The second-order valence-electron chi connectivity index (χ2n) is 4.45. The Bertz CT molecular complexity index is 601. The van der Waals surface area contributed by atoms with E-state index in [1.807, 2.05) is 0 Å². The van der Waals surface area contributed by atoms with Gasteiger partial charge in [0.25, 0.3) is 0 Å². The molecular weight excluding hydrogens is 252 g/mol. The van der Waals surface area contributed by atoms with Crippen LogP contribution in [0.15, 0.2) is 18.6 Å². The molecule has 5 N–H and O–H groups in total. The molecule has 0 radical (unpaired) electrons. The van der Waals surface area contributed by atoms with Crippen molar-refractivity contribution in [3.05, 3.63) is 18.6 Å². The molecule has 0 aliphatic carbocycles. The number of aliphatic hydroxyl groups excluding tert-OH is 3. The maximum absolute atomic E-state index is 9.98. The van der Waals surface area contributed by atoms with Crippen LogP contribution in [0.5, 0.6) is 0 Å². The van der Waals surface area contributed by atoms with Crippen molar-refractivity contribution in [3.8, 4) is 0 Å². The van der Waals surface area contributed by atoms with Gasteiger partial charge in [0.15, 0.2) is 6.23 Å². The van der Waals surface area contributed by atoms with Gasteiger partial charge in [-0.2, -0.15) is 0 Å². The van der Waals surface area contributed by atoms with Crippen molar-refractivity contribution < 1.29 is 20.1 Å². The van der Waals surface area contributed by atoms with Gasteiger partial charge in [-0.25, -0.2) is 9.97 Å². The zero-order valence-corrected chi connectivity index (χ0v) is 9.92. The number of aliphatic hydroxyl groups is 3. The van der Waals surface area contributed by atoms with Crippen molar-refractivity contribution in [2.24, 2.45) is 0 Å². The highest BCUT2D eigenvalue weighted by Gasteiger charge is 2.43. The van der Waals surface area contributed by atoms with Gasteiger partial charge < -0.3 is 30.4 Å². The Hall–Kier alpha value is -1.74. The fourth-order valence-corrected chi connectivity index (χ4v) is 2.31. The maximum Gasteiger partial charge on any atom is 0.164 e. The number of fused-ring (bicyclic) bond motifs is 1. The summed E-state index contributed by atoms with van der Waals surface area (Å²) in [6, 6.07) is 1.71. The van der Waals surface area contributed by atoms with E-state index in [2.05, 4.69) is 9.97 Å². The number of hydrogen-bond acceptors (Lipinski definition) is 7. The van der Waals surface area contributed by atoms with E-state index < -0.39 is 24.5 Å². The molecule has 1 saturated heterocycles. The molecule has 19 heavy (non-hydrogen) atoms. The van der Waals surface area contributed by atoms with Crippen LogP contribution in [0.3, 0.4) is 0 Å². The minimum Gasteiger partial charge on any atom is -0.394 e. The zero-order chi connectivity index (χ0) is 13.6. The van der Waals surface area contributed by atoms with Crippen molar-refractivity contribution >= 4 is 16.9 Å². The van der Waals surface area contributed by atoms with Crippen LogP contribution in [-0.4, -0.2) is 54.8 Å². The molecule has 1 fully saturated rings. The standard InChI is InChI=1S/C11H14N4O4/c12-9-5-1-2-15(10(5)14-4-13-9)11-8(18)7(17)6(3-16)19-11/h1-2,4,6-8,11,16-18H,3H2,(H2,12,13,14)/t6-,7-,8-,11+/m1/s1. The van der Waals surface area contributed by atoms with Crippen LogP contribution >= 0.6 is 0 Å². The molecule has 2 aromatic rings. The highest BCUT2D eigenvalue weighted by Crippen LogP contribution is 2.32. The smallest absolute Gasteiger partial charge is 0.164 e. The number of nitrogens with two attached hydrogens (primary N) is 1. The maximum atomic E-state index is 9.98. The molecule has 0 spiro atoms. The third-order valence-electron chi connectivity index (χ3n) is 3.33. The number of anilines is 1. The minimum atomic E-state index is -1.15. The van der Waals surface area contributed by atoms with Gasteiger partial charge in [-0.3, -0.25) is 0 Å². The topological polar surface area (TPSA) is 127 Å². The lowest BCUT2D eigenvalue weighted by atomic mass is 10.1. The Morgan fingerprint density at radius 1 is 1.32 bits per heavy atom. The molecule has 8 nitrogen and oxygen atoms in total. The molecular formula is C11H14N4O4. The third-order valence-corrected chi connectivity index (χ3v) is 3.33. The second kappa shape index (κ2) is 4.42. The number of rotatable bonds is 2. The van der Waals surface area contributed by atoms with Crippen molar-refractivity contribution in [3.63, 3.8) is 0 Å². The predicted molar refractivity (Wildman–Crippen MR) is 64.9 cm³/mol. The Morgan fingerprint density at radius 3 is 2.79 bits per heavy atom. The number of nitrogen functional groups attached to an aromatic ring is 1. The molecule has 4 atom stereocenters. The van der Waals surface area contributed by atoms with E-state index in [4.69, 9.17) is 15.6 Å². The summed E-state index contributed by atoms with van der Waals surface area (Å²) in [6.07, 6.45) is -0.975. The number of aromatic nitrogens is 3. The normalized spacial score (nSPS) is 31.1. The van der Waals surface area contributed by atoms with E-state index in [-0.39, 0.29) is 6.61 Å². The minimum absolute atomic E-state index is 0.329. The largest absolute Gasteiger partial charge is 0.394 e. The van der Waals surface area contributed by atoms with Crippen LogP contribution in [-0.2, 0) is 4.74 Å². The van der Waals surface area contributed by atoms with Crippen LogP contribution in [0.25, 0.3) is 11.0 Å². The first-order valence-electron chi connectivity index (χ1n) is 5.83. The van der Waals surface area contributed by atoms with Crippen molar-refractivity contribution in [2.75, 3.05) is 12.3 Å². The molecule has 1 aliphatic heterocycles. The second-order valence-corrected chi connectivity index (χ2v) is 4.45. The predicted octanol–water partition coefficient (Wildman–Crippen LogP) is -1.38. The lowest BCUT2D eigenvalue weighted by Gasteiger charge is -2.17. The highest BCUT2D eigenvalue weighted by atomic mass is 16.6. The molecule has 1 aliphatic rings. The molecule has 0 unspecified atom stereocenters. The lowest BCUT2D eigenvalue weighted by Crippen LogP contribution is -2.33. The summed E-state index contributed by atoms with van der Waals surface area (Å²) in [7, 11) is 0. The first-order chi connectivity index (χ1) is 9.13. The van der Waals surface area contributed by atoms with Gasteiger partial charge in [0.05, 0.1) is 12.0 Å². The number of hydrogen-bond donors (Lipinski definition) is 4. The molecule has 0 bridgehead atoms. The molecule has 3 heterocycles. The van der Waals surface area contributed by atoms with Crippen LogP contribution in [0.2, 0.25) is 0 Å². The van der Waals surface area contributed by atoms with Gasteiger partial charge in [-0.15, -0.1) is 0 Å². The fraction of sp³-hybridized carbons (Fsp3) is 0.455. The Morgan fingerprint density at radius 2 is 2.11 bits per heavy atom. The highest BCUT2D eigenvalue weighted by molar-refractivity contribution is 5.86. The summed E-state index contributed by atoms with van der Waals surface area (Å²) in [4.78, 5) is 7.97. The van der Waals surface area contributed by atoms with E-state index in [1.165, 1.54) is 6.33 Å². The van der Waals surface area contributed by atoms with Crippen LogP contribution in [0.1, 0.15) is 6.23 Å². The van der Waals surface area contributed by atoms with Crippen molar-refractivity contribution in [2.45, 2.75) is 24.5 Å². The Kier molecular flexibility index (Phi) is 2.86. The monoisotopic (exact) mass is 266 g/mol. The van der Waals surface area contributed by atoms with E-state index in [9.17, 15) is 10.2 Å². The Labute approximate surface area is 108 Å². The zero-order valence-electron chi connectivity index (χ0n) is 9.92. The van der Waals surface area contributed by atoms with Gasteiger partial charge >= 0.3 is 0 Å². The molecule has 0 saturated carbocycles. The first kappa shape index (κ1) is 12.3. The summed E-state index contributed by atoms with van der Waals surface area (Å²) in [6.45, 7) is -0.370. The summed E-state index contributed by atoms with van der Waals surface area (Å²) >= 11 is 0. The van der Waals surface area contributed by atoms with E-state index in [1.54, 1.807) is 16.8 Å². The molecule has 0 amide bonds.